The summed E-state index contributed by atoms with van der Waals surface area (Å²) in [6.45, 7) is 0.707. The number of ether oxygens (including phenoxy) is 2. The highest BCUT2D eigenvalue weighted by Crippen LogP contribution is 2.25. The van der Waals surface area contributed by atoms with Gasteiger partial charge < -0.3 is 35.0 Å². The molecule has 0 radical (unpaired) electrons. The van der Waals surface area contributed by atoms with Crippen LogP contribution in [0, 0.1) is 0 Å². The Morgan fingerprint density at radius 1 is 1.02 bits per heavy atom. The third-order valence-corrected chi connectivity index (χ3v) is 6.19. The van der Waals surface area contributed by atoms with Crippen molar-refractivity contribution in [1.82, 2.24) is 15.1 Å². The van der Waals surface area contributed by atoms with Crippen LogP contribution in [-0.2, 0) is 16.1 Å². The number of urea groups is 1. The molecule has 1 aliphatic rings. The van der Waals surface area contributed by atoms with E-state index in [9.17, 15) is 37.5 Å². The fraction of sp³-hybridized carbons (Fsp3) is 0.385. The van der Waals surface area contributed by atoms with Crippen LogP contribution in [0.2, 0.25) is 0 Å². The zero-order valence-corrected chi connectivity index (χ0v) is 21.6. The number of carbonyl (C=O) groups is 4. The average Bonchev–Trinajstić information content (AvgIpc) is 2.92. The average molecular weight is 567 g/mol. The van der Waals surface area contributed by atoms with Gasteiger partial charge >= 0.3 is 24.5 Å². The van der Waals surface area contributed by atoms with Gasteiger partial charge in [-0.3, -0.25) is 9.59 Å². The van der Waals surface area contributed by atoms with Crippen LogP contribution in [0.1, 0.15) is 35.2 Å². The Hall–Kier alpha value is -4.49. The number of hydrogen-bond acceptors (Lipinski definition) is 6. The molecule has 2 aromatic carbocycles. The molecule has 0 aromatic heterocycles. The molecule has 1 saturated heterocycles. The highest BCUT2D eigenvalue weighted by Gasteiger charge is 2.32. The largest absolute Gasteiger partial charge is 0.573 e. The molecular formula is C26H29F3N4O7. The normalized spacial score (nSPS) is 13.8. The van der Waals surface area contributed by atoms with Gasteiger partial charge in [0.25, 0.3) is 5.91 Å². The lowest BCUT2D eigenvalue weighted by atomic mass is 10.0. The van der Waals surface area contributed by atoms with Crippen LogP contribution < -0.4 is 15.4 Å². The van der Waals surface area contributed by atoms with Crippen LogP contribution >= 0.6 is 0 Å². The molecule has 2 aromatic rings. The molecule has 0 aliphatic carbocycles. The van der Waals surface area contributed by atoms with Gasteiger partial charge in [0.2, 0.25) is 0 Å². The third kappa shape index (κ3) is 9.06. The van der Waals surface area contributed by atoms with Crippen molar-refractivity contribution in [3.05, 3.63) is 59.7 Å². The Morgan fingerprint density at radius 3 is 2.20 bits per heavy atom. The Kier molecular flexibility index (Phi) is 10.2. The van der Waals surface area contributed by atoms with E-state index in [0.29, 0.717) is 24.0 Å². The molecule has 1 fully saturated rings. The van der Waals surface area contributed by atoms with Crippen molar-refractivity contribution in [2.45, 2.75) is 38.2 Å². The van der Waals surface area contributed by atoms with E-state index in [1.54, 1.807) is 24.3 Å². The number of methoxy groups -OCH3 is 1. The van der Waals surface area contributed by atoms with E-state index in [0.717, 1.165) is 12.1 Å². The van der Waals surface area contributed by atoms with Gasteiger partial charge in [0.05, 0.1) is 13.5 Å². The summed E-state index contributed by atoms with van der Waals surface area (Å²) in [5, 5.41) is 14.5. The zero-order valence-electron chi connectivity index (χ0n) is 21.6. The summed E-state index contributed by atoms with van der Waals surface area (Å²) < 4.78 is 45.7. The number of carboxylic acid groups (broad SMARTS) is 1. The number of nitrogens with one attached hydrogen (secondary N) is 2. The molecular weight excluding hydrogens is 537 g/mol. The van der Waals surface area contributed by atoms with Crippen LogP contribution in [0.25, 0.3) is 0 Å². The van der Waals surface area contributed by atoms with E-state index < -0.39 is 30.2 Å². The number of nitrogens with zero attached hydrogens (tertiary/aromatic N) is 2. The first kappa shape index (κ1) is 30.1. The van der Waals surface area contributed by atoms with E-state index in [-0.39, 0.29) is 50.2 Å². The molecule has 0 bridgehead atoms. The maximum atomic E-state index is 13.3. The number of halogens is 3. The summed E-state index contributed by atoms with van der Waals surface area (Å²) in [4.78, 5) is 50.9. The van der Waals surface area contributed by atoms with Gasteiger partial charge in [-0.1, -0.05) is 12.1 Å². The second kappa shape index (κ2) is 13.5. The number of carbonyl (C=O) groups excluding carboxylic acids is 3. The minimum absolute atomic E-state index is 0.0309. The lowest BCUT2D eigenvalue weighted by Gasteiger charge is -2.37. The van der Waals surface area contributed by atoms with Crippen LogP contribution in [0.3, 0.4) is 0 Å². The van der Waals surface area contributed by atoms with Gasteiger partial charge in [-0.15, -0.1) is 13.2 Å². The van der Waals surface area contributed by atoms with Crippen molar-refractivity contribution in [3.8, 4) is 5.75 Å². The summed E-state index contributed by atoms with van der Waals surface area (Å²) in [6.07, 6.45) is -5.08. The quantitative estimate of drug-likeness (QED) is 0.390. The van der Waals surface area contributed by atoms with Gasteiger partial charge in [-0.05, 0) is 54.8 Å². The standard InChI is InChI=1S/C26H29F3N4O7/c1-39-22(34)10-13-30-23(35)18-4-2-17(3-5-18)16-33(20-11-14-32(15-12-20)25(37)38)24(36)31-19-6-8-21(9-7-19)40-26(27,28)29/h2-9,20H,10-16H2,1H3,(H,30,35)(H,31,36)(H,37,38). The van der Waals surface area contributed by atoms with Crippen molar-refractivity contribution in [3.63, 3.8) is 0 Å². The van der Waals surface area contributed by atoms with Crippen LogP contribution in [0.5, 0.6) is 5.75 Å². The Morgan fingerprint density at radius 2 is 1.65 bits per heavy atom. The Balaban J connectivity index is 1.69. The molecule has 216 valence electrons. The molecule has 0 atom stereocenters. The van der Waals surface area contributed by atoms with Crippen LogP contribution in [0.15, 0.2) is 48.5 Å². The highest BCUT2D eigenvalue weighted by molar-refractivity contribution is 5.94. The van der Waals surface area contributed by atoms with E-state index in [1.165, 1.54) is 29.0 Å². The number of alkyl halides is 3. The van der Waals surface area contributed by atoms with Crippen LogP contribution in [0.4, 0.5) is 28.4 Å². The molecule has 14 heteroatoms. The Labute approximate surface area is 227 Å². The maximum Gasteiger partial charge on any atom is 0.573 e. The van der Waals surface area contributed by atoms with Gasteiger partial charge in [0, 0.05) is 43.5 Å². The SMILES string of the molecule is COC(=O)CCNC(=O)c1ccc(CN(C(=O)Nc2ccc(OC(F)(F)F)cc2)C2CCN(C(=O)O)CC2)cc1. The zero-order chi connectivity index (χ0) is 29.3. The second-order valence-corrected chi connectivity index (χ2v) is 8.91. The van der Waals surface area contributed by atoms with Gasteiger partial charge in [0.15, 0.2) is 0 Å². The van der Waals surface area contributed by atoms with Crippen molar-refractivity contribution < 1.29 is 46.9 Å². The summed E-state index contributed by atoms with van der Waals surface area (Å²) in [5.41, 5.74) is 1.28. The summed E-state index contributed by atoms with van der Waals surface area (Å²) in [5.74, 6) is -1.27. The molecule has 4 amide bonds. The molecule has 0 saturated carbocycles. The van der Waals surface area contributed by atoms with Gasteiger partial charge in [-0.2, -0.15) is 0 Å². The van der Waals surface area contributed by atoms with Gasteiger partial charge in [-0.25, -0.2) is 9.59 Å². The smallest absolute Gasteiger partial charge is 0.469 e. The first-order valence-corrected chi connectivity index (χ1v) is 12.3. The molecule has 3 N–H and O–H groups in total. The first-order valence-electron chi connectivity index (χ1n) is 12.3. The maximum absolute atomic E-state index is 13.3. The number of amides is 4. The van der Waals surface area contributed by atoms with Crippen LogP contribution in [-0.4, -0.2) is 78.1 Å². The molecule has 3 rings (SSSR count). The second-order valence-electron chi connectivity index (χ2n) is 8.91. The Bertz CT molecular complexity index is 1180. The van der Waals surface area contributed by atoms with E-state index in [1.807, 2.05) is 0 Å². The van der Waals surface area contributed by atoms with Crippen molar-refractivity contribution in [1.29, 1.82) is 0 Å². The lowest BCUT2D eigenvalue weighted by molar-refractivity contribution is -0.274. The van der Waals surface area contributed by atoms with E-state index in [4.69, 9.17) is 0 Å². The summed E-state index contributed by atoms with van der Waals surface area (Å²) in [6, 6.07) is 10.4. The van der Waals surface area contributed by atoms with Gasteiger partial charge in [0.1, 0.15) is 5.75 Å². The molecule has 0 spiro atoms. The number of rotatable bonds is 9. The fourth-order valence-electron chi connectivity index (χ4n) is 4.11. The highest BCUT2D eigenvalue weighted by atomic mass is 19.4. The summed E-state index contributed by atoms with van der Waals surface area (Å²) in [7, 11) is 1.26. The molecule has 11 nitrogen and oxygen atoms in total. The number of hydrogen-bond donors (Lipinski definition) is 3. The lowest BCUT2D eigenvalue weighted by Crippen LogP contribution is -2.49. The fourth-order valence-corrected chi connectivity index (χ4v) is 4.11. The summed E-state index contributed by atoms with van der Waals surface area (Å²) >= 11 is 0. The number of benzene rings is 2. The minimum atomic E-state index is -4.84. The predicted octanol–water partition coefficient (Wildman–Crippen LogP) is 4.05. The number of likely N-dealkylation sites (tertiary alicyclic amines) is 1. The van der Waals surface area contributed by atoms with E-state index in [2.05, 4.69) is 20.1 Å². The number of anilines is 1. The first-order chi connectivity index (χ1) is 18.9. The van der Waals surface area contributed by atoms with Crippen molar-refractivity contribution >= 4 is 29.7 Å². The minimum Gasteiger partial charge on any atom is -0.469 e. The molecule has 40 heavy (non-hydrogen) atoms. The predicted molar refractivity (Wildman–Crippen MR) is 136 cm³/mol. The monoisotopic (exact) mass is 566 g/mol. The topological polar surface area (TPSA) is 138 Å². The van der Waals surface area contributed by atoms with Crippen molar-refractivity contribution in [2.24, 2.45) is 0 Å². The number of piperidine rings is 1. The molecule has 0 unspecified atom stereocenters. The molecule has 1 aliphatic heterocycles. The van der Waals surface area contributed by atoms with E-state index >= 15 is 0 Å². The number of esters is 1. The molecule has 1 heterocycles. The van der Waals surface area contributed by atoms with Crippen molar-refractivity contribution in [2.75, 3.05) is 32.1 Å². The third-order valence-electron chi connectivity index (χ3n) is 6.19.